The van der Waals surface area contributed by atoms with Gasteiger partial charge in [0, 0.05) is 50.3 Å². The van der Waals surface area contributed by atoms with Crippen LogP contribution < -0.4 is 15.4 Å². The molecule has 5 rings (SSSR count). The largest absolute Gasteiger partial charge is 0.489 e. The lowest BCUT2D eigenvalue weighted by Gasteiger charge is -2.37. The van der Waals surface area contributed by atoms with Crippen molar-refractivity contribution in [3.05, 3.63) is 65.2 Å². The van der Waals surface area contributed by atoms with Crippen LogP contribution in [0.3, 0.4) is 0 Å². The van der Waals surface area contributed by atoms with Gasteiger partial charge in [-0.25, -0.2) is 4.98 Å². The molecule has 0 bridgehead atoms. The second-order valence-electron chi connectivity index (χ2n) is 10.2. The number of hydrogen-bond acceptors (Lipinski definition) is 9. The molecule has 0 atom stereocenters. The minimum absolute atomic E-state index is 0.118. The highest BCUT2D eigenvalue weighted by atomic mass is 16.5. The van der Waals surface area contributed by atoms with E-state index in [9.17, 15) is 4.79 Å². The summed E-state index contributed by atoms with van der Waals surface area (Å²) < 4.78 is 17.1. The zero-order valence-electron chi connectivity index (χ0n) is 23.3. The second kappa shape index (κ2) is 13.7. The zero-order chi connectivity index (χ0) is 27.7. The monoisotopic (exact) mass is 545 g/mol. The summed E-state index contributed by atoms with van der Waals surface area (Å²) in [4.78, 5) is 25.4. The zero-order valence-corrected chi connectivity index (χ0v) is 23.3. The number of carbonyl (C=O) groups is 1. The Kier molecular flexibility index (Phi) is 9.59. The average molecular weight is 546 g/mol. The summed E-state index contributed by atoms with van der Waals surface area (Å²) in [6.07, 6.45) is 2.30. The Morgan fingerprint density at radius 2 is 1.75 bits per heavy atom. The Hall–Kier alpha value is -3.53. The first-order valence-corrected chi connectivity index (χ1v) is 14.2. The molecule has 2 aromatic carbocycles. The maximum Gasteiger partial charge on any atom is 0.222 e. The van der Waals surface area contributed by atoms with Gasteiger partial charge in [-0.1, -0.05) is 37.3 Å². The Morgan fingerprint density at radius 3 is 2.55 bits per heavy atom. The van der Waals surface area contributed by atoms with Crippen LogP contribution in [0, 0.1) is 0 Å². The lowest BCUT2D eigenvalue weighted by atomic mass is 9.88. The third kappa shape index (κ3) is 7.15. The highest BCUT2D eigenvalue weighted by Crippen LogP contribution is 2.38. The fourth-order valence-electron chi connectivity index (χ4n) is 5.19. The molecule has 1 aliphatic carbocycles. The summed E-state index contributed by atoms with van der Waals surface area (Å²) in [6.45, 7) is 8.66. The first kappa shape index (κ1) is 28.0. The third-order valence-electron chi connectivity index (χ3n) is 7.48. The lowest BCUT2D eigenvalue weighted by molar-refractivity contribution is -0.123. The van der Waals surface area contributed by atoms with Crippen molar-refractivity contribution in [2.75, 3.05) is 69.8 Å². The van der Waals surface area contributed by atoms with Crippen LogP contribution in [0.4, 0.5) is 11.8 Å². The average Bonchev–Trinajstić information content (AvgIpc) is 2.99. The van der Waals surface area contributed by atoms with Crippen molar-refractivity contribution in [3.8, 4) is 17.0 Å². The number of anilines is 2. The predicted molar refractivity (Wildman–Crippen MR) is 156 cm³/mol. The summed E-state index contributed by atoms with van der Waals surface area (Å²) in [7, 11) is 0. The summed E-state index contributed by atoms with van der Waals surface area (Å²) in [5, 5.41) is 0. The number of fused-ring (bicyclic) bond motifs is 3. The Morgan fingerprint density at radius 1 is 0.950 bits per heavy atom. The second-order valence-corrected chi connectivity index (χ2v) is 10.2. The molecule has 9 nitrogen and oxygen atoms in total. The molecule has 9 heteroatoms. The molecular formula is C31H39N5O4. The molecular weight excluding hydrogens is 506 g/mol. The molecule has 1 aromatic heterocycles. The number of rotatable bonds is 13. The molecule has 212 valence electrons. The van der Waals surface area contributed by atoms with E-state index < -0.39 is 0 Å². The van der Waals surface area contributed by atoms with Crippen molar-refractivity contribution in [1.29, 1.82) is 0 Å². The van der Waals surface area contributed by atoms with Gasteiger partial charge in [-0.3, -0.25) is 9.69 Å². The molecule has 40 heavy (non-hydrogen) atoms. The van der Waals surface area contributed by atoms with Crippen LogP contribution in [0.2, 0.25) is 0 Å². The number of nitrogens with zero attached hydrogens (tertiary/aromatic N) is 4. The Labute approximate surface area is 236 Å². The standard InChI is InChI=1S/C31H39N5O4/c1-2-25(37)22-39-19-18-38-17-16-35-12-14-36(15-13-35)30-28-10-8-24-20-26(40-21-23-6-4-3-5-7-23)9-11-27(24)29(28)33-31(32)34-30/h3-7,9,11,20H,2,8,10,12-19,21-22H2,1H3,(H2,32,33,34). The molecule has 0 radical (unpaired) electrons. The van der Waals surface area contributed by atoms with Crippen LogP contribution in [-0.2, 0) is 33.7 Å². The summed E-state index contributed by atoms with van der Waals surface area (Å²) in [5.74, 6) is 2.26. The quantitative estimate of drug-likeness (QED) is 0.323. The Bertz CT molecular complexity index is 1280. The number of aryl methyl sites for hydroxylation is 1. The minimum atomic E-state index is 0.118. The van der Waals surface area contributed by atoms with Gasteiger partial charge in [0.1, 0.15) is 24.8 Å². The van der Waals surface area contributed by atoms with Gasteiger partial charge < -0.3 is 24.8 Å². The highest BCUT2D eigenvalue weighted by Gasteiger charge is 2.27. The third-order valence-corrected chi connectivity index (χ3v) is 7.48. The summed E-state index contributed by atoms with van der Waals surface area (Å²) in [6, 6.07) is 16.5. The Balaban J connectivity index is 1.15. The molecule has 0 saturated carbocycles. The van der Waals surface area contributed by atoms with Gasteiger partial charge in [0.15, 0.2) is 5.78 Å². The SMILES string of the molecule is CCC(=O)COCCOCCN1CCN(c2nc(N)nc3c2CCc2cc(OCc4ccccc4)ccc2-3)CC1. The topological polar surface area (TPSA) is 103 Å². The van der Waals surface area contributed by atoms with Gasteiger partial charge in [-0.15, -0.1) is 0 Å². The molecule has 0 amide bonds. The molecule has 0 unspecified atom stereocenters. The number of ether oxygens (including phenoxy) is 3. The molecule has 2 heterocycles. The van der Waals surface area contributed by atoms with Gasteiger partial charge in [-0.2, -0.15) is 4.98 Å². The molecule has 2 aliphatic rings. The van der Waals surface area contributed by atoms with Crippen LogP contribution in [0.25, 0.3) is 11.3 Å². The number of aromatic nitrogens is 2. The van der Waals surface area contributed by atoms with E-state index in [1.54, 1.807) is 0 Å². The van der Waals surface area contributed by atoms with Crippen LogP contribution in [0.5, 0.6) is 5.75 Å². The van der Waals surface area contributed by atoms with Crippen LogP contribution in [0.1, 0.15) is 30.0 Å². The predicted octanol–water partition coefficient (Wildman–Crippen LogP) is 3.54. The van der Waals surface area contributed by atoms with Gasteiger partial charge in [-0.05, 0) is 42.2 Å². The maximum absolute atomic E-state index is 11.3. The van der Waals surface area contributed by atoms with Crippen molar-refractivity contribution in [1.82, 2.24) is 14.9 Å². The first-order valence-electron chi connectivity index (χ1n) is 14.2. The molecule has 0 spiro atoms. The lowest BCUT2D eigenvalue weighted by Crippen LogP contribution is -2.48. The smallest absolute Gasteiger partial charge is 0.222 e. The minimum Gasteiger partial charge on any atom is -0.489 e. The van der Waals surface area contributed by atoms with E-state index in [4.69, 9.17) is 24.9 Å². The van der Waals surface area contributed by atoms with E-state index in [-0.39, 0.29) is 12.4 Å². The van der Waals surface area contributed by atoms with Gasteiger partial charge in [0.25, 0.3) is 0 Å². The van der Waals surface area contributed by atoms with Crippen molar-refractivity contribution in [3.63, 3.8) is 0 Å². The van der Waals surface area contributed by atoms with Crippen molar-refractivity contribution in [2.45, 2.75) is 32.8 Å². The number of piperazine rings is 1. The van der Waals surface area contributed by atoms with Crippen LogP contribution in [0.15, 0.2) is 48.5 Å². The van der Waals surface area contributed by atoms with E-state index in [2.05, 4.69) is 39.0 Å². The summed E-state index contributed by atoms with van der Waals surface area (Å²) >= 11 is 0. The first-order chi connectivity index (χ1) is 19.6. The molecule has 1 saturated heterocycles. The maximum atomic E-state index is 11.3. The van der Waals surface area contributed by atoms with Gasteiger partial charge in [0.05, 0.1) is 25.5 Å². The number of nitrogen functional groups attached to an aromatic ring is 1. The molecule has 2 N–H and O–H groups in total. The fraction of sp³-hybridized carbons (Fsp3) is 0.452. The highest BCUT2D eigenvalue weighted by molar-refractivity contribution is 5.79. The van der Waals surface area contributed by atoms with E-state index >= 15 is 0 Å². The van der Waals surface area contributed by atoms with Gasteiger partial charge >= 0.3 is 0 Å². The number of benzene rings is 2. The normalized spacial score (nSPS) is 15.0. The van der Waals surface area contributed by atoms with Crippen molar-refractivity contribution < 1.29 is 19.0 Å². The fourth-order valence-corrected chi connectivity index (χ4v) is 5.19. The number of Topliss-reactive ketones (excluding diaryl/α,β-unsaturated/α-hetero) is 1. The summed E-state index contributed by atoms with van der Waals surface area (Å²) in [5.41, 5.74) is 11.8. The molecule has 3 aromatic rings. The van der Waals surface area contributed by atoms with Crippen LogP contribution in [-0.4, -0.2) is 79.8 Å². The van der Waals surface area contributed by atoms with Crippen LogP contribution >= 0.6 is 0 Å². The van der Waals surface area contributed by atoms with Gasteiger partial charge in [0.2, 0.25) is 5.95 Å². The molecule has 1 fully saturated rings. The number of ketones is 1. The number of carbonyl (C=O) groups excluding carboxylic acids is 1. The van der Waals surface area contributed by atoms with E-state index in [1.165, 1.54) is 11.1 Å². The van der Waals surface area contributed by atoms with E-state index in [0.717, 1.165) is 74.0 Å². The number of hydrogen-bond donors (Lipinski definition) is 1. The molecule has 1 aliphatic heterocycles. The van der Waals surface area contributed by atoms with E-state index in [0.29, 0.717) is 38.8 Å². The van der Waals surface area contributed by atoms with Crippen molar-refractivity contribution in [2.24, 2.45) is 0 Å². The van der Waals surface area contributed by atoms with E-state index in [1.807, 2.05) is 31.2 Å². The van der Waals surface area contributed by atoms with Crippen molar-refractivity contribution >= 4 is 17.5 Å². The number of nitrogens with two attached hydrogens (primary N) is 1.